The number of fused-ring (bicyclic) bond motifs is 1. The summed E-state index contributed by atoms with van der Waals surface area (Å²) in [6, 6.07) is 15.2. The third kappa shape index (κ3) is 4.53. The van der Waals surface area contributed by atoms with E-state index in [4.69, 9.17) is 4.98 Å². The van der Waals surface area contributed by atoms with Crippen LogP contribution in [0.15, 0.2) is 58.1 Å². The van der Waals surface area contributed by atoms with Crippen LogP contribution in [-0.2, 0) is 36.6 Å². The summed E-state index contributed by atoms with van der Waals surface area (Å²) in [7, 11) is 3.11. The van der Waals surface area contributed by atoms with Crippen LogP contribution in [0.25, 0.3) is 11.2 Å². The van der Waals surface area contributed by atoms with Crippen molar-refractivity contribution in [1.82, 2.24) is 23.6 Å². The number of aryl methyl sites for hydroxylation is 3. The van der Waals surface area contributed by atoms with Crippen LogP contribution in [-0.4, -0.2) is 67.6 Å². The third-order valence-electron chi connectivity index (χ3n) is 8.56. The van der Waals surface area contributed by atoms with Crippen LogP contribution in [0.5, 0.6) is 0 Å². The van der Waals surface area contributed by atoms with Gasteiger partial charge in [-0.25, -0.2) is 9.69 Å². The molecule has 4 heterocycles. The summed E-state index contributed by atoms with van der Waals surface area (Å²) < 4.78 is 4.42. The van der Waals surface area contributed by atoms with Crippen LogP contribution in [0.2, 0.25) is 0 Å². The van der Waals surface area contributed by atoms with Gasteiger partial charge >= 0.3 is 5.69 Å². The van der Waals surface area contributed by atoms with E-state index < -0.39 is 11.7 Å². The molecule has 11 nitrogen and oxygen atoms in total. The van der Waals surface area contributed by atoms with Crippen molar-refractivity contribution in [2.75, 3.05) is 36.0 Å². The van der Waals surface area contributed by atoms with Gasteiger partial charge < -0.3 is 4.90 Å². The van der Waals surface area contributed by atoms with Crippen LogP contribution in [0, 0.1) is 6.92 Å². The molecule has 1 atom stereocenters. The van der Waals surface area contributed by atoms with E-state index in [9.17, 15) is 19.2 Å². The summed E-state index contributed by atoms with van der Waals surface area (Å²) in [5, 5.41) is 0. The van der Waals surface area contributed by atoms with Crippen molar-refractivity contribution in [3.8, 4) is 0 Å². The molecule has 2 saturated heterocycles. The van der Waals surface area contributed by atoms with E-state index in [1.165, 1.54) is 16.5 Å². The highest BCUT2D eigenvalue weighted by Crippen LogP contribution is 2.30. The van der Waals surface area contributed by atoms with Crippen molar-refractivity contribution in [3.63, 3.8) is 0 Å². The molecule has 11 heteroatoms. The van der Waals surface area contributed by atoms with Crippen LogP contribution >= 0.6 is 0 Å². The maximum absolute atomic E-state index is 13.5. The molecule has 218 valence electrons. The Morgan fingerprint density at radius 1 is 0.881 bits per heavy atom. The minimum Gasteiger partial charge on any atom is -0.340 e. The van der Waals surface area contributed by atoms with Gasteiger partial charge in [0.2, 0.25) is 11.9 Å². The molecule has 1 unspecified atom stereocenters. The van der Waals surface area contributed by atoms with Gasteiger partial charge in [-0.2, -0.15) is 4.98 Å². The second-order valence-corrected chi connectivity index (χ2v) is 11.2. The Morgan fingerprint density at radius 2 is 1.57 bits per heavy atom. The number of imide groups is 1. The number of imidazole rings is 1. The Labute approximate surface area is 243 Å². The molecule has 6 rings (SSSR count). The fourth-order valence-corrected chi connectivity index (χ4v) is 6.12. The van der Waals surface area contributed by atoms with Crippen molar-refractivity contribution in [2.45, 2.75) is 39.3 Å². The number of hydrogen-bond donors (Lipinski definition) is 0. The highest BCUT2D eigenvalue weighted by molar-refractivity contribution is 6.22. The molecule has 2 aliphatic rings. The molecular weight excluding hydrogens is 534 g/mol. The number of benzene rings is 2. The minimum absolute atomic E-state index is 0.154. The van der Waals surface area contributed by atoms with E-state index in [-0.39, 0.29) is 23.8 Å². The third-order valence-corrected chi connectivity index (χ3v) is 8.56. The van der Waals surface area contributed by atoms with E-state index in [2.05, 4.69) is 9.80 Å². The molecule has 42 heavy (non-hydrogen) atoms. The lowest BCUT2D eigenvalue weighted by Crippen LogP contribution is -2.53. The van der Waals surface area contributed by atoms with Crippen LogP contribution in [0.1, 0.15) is 30.0 Å². The zero-order valence-corrected chi connectivity index (χ0v) is 24.4. The molecule has 0 spiro atoms. The Kier molecular flexibility index (Phi) is 7.05. The van der Waals surface area contributed by atoms with E-state index in [0.717, 1.165) is 27.7 Å². The zero-order chi connectivity index (χ0) is 29.7. The number of rotatable bonds is 6. The first-order valence-electron chi connectivity index (χ1n) is 14.3. The van der Waals surface area contributed by atoms with Crippen molar-refractivity contribution in [3.05, 3.63) is 86.1 Å². The quantitative estimate of drug-likeness (QED) is 0.326. The summed E-state index contributed by atoms with van der Waals surface area (Å²) in [6.45, 7) is 6.66. The van der Waals surface area contributed by atoms with Gasteiger partial charge in [-0.1, -0.05) is 55.0 Å². The number of anilines is 2. The molecule has 2 fully saturated rings. The molecule has 0 N–H and O–H groups in total. The SMILES string of the molecule is CCc1ccccc1N1C(=O)CC(N2CCN(c3nc4c(c(=O)n(C)c(=O)n4C)n3Cc3ccc(C)cc3)CC2)C1=O. The highest BCUT2D eigenvalue weighted by Gasteiger charge is 2.44. The number of carbonyl (C=O) groups is 2. The number of nitrogens with zero attached hydrogens (tertiary/aromatic N) is 7. The number of amides is 2. The fourth-order valence-electron chi connectivity index (χ4n) is 6.12. The molecule has 2 aromatic heterocycles. The number of piperazine rings is 1. The summed E-state index contributed by atoms with van der Waals surface area (Å²) in [6.07, 6.45) is 0.885. The summed E-state index contributed by atoms with van der Waals surface area (Å²) in [5.41, 5.74) is 3.70. The zero-order valence-electron chi connectivity index (χ0n) is 24.4. The maximum Gasteiger partial charge on any atom is 0.332 e. The number of aromatic nitrogens is 4. The fraction of sp³-hybridized carbons (Fsp3) is 0.387. The molecule has 2 aliphatic heterocycles. The normalized spacial score (nSPS) is 18.0. The predicted molar refractivity (Wildman–Crippen MR) is 161 cm³/mol. The monoisotopic (exact) mass is 569 g/mol. The van der Waals surface area contributed by atoms with Gasteiger partial charge in [0.1, 0.15) is 0 Å². The lowest BCUT2D eigenvalue weighted by Gasteiger charge is -2.37. The largest absolute Gasteiger partial charge is 0.340 e. The first kappa shape index (κ1) is 27.6. The molecule has 0 aliphatic carbocycles. The van der Waals surface area contributed by atoms with Crippen LogP contribution in [0.4, 0.5) is 11.6 Å². The molecule has 0 bridgehead atoms. The van der Waals surface area contributed by atoms with E-state index in [1.54, 1.807) is 7.05 Å². The average Bonchev–Trinajstić information content (AvgIpc) is 3.52. The van der Waals surface area contributed by atoms with Gasteiger partial charge in [0.05, 0.1) is 24.7 Å². The lowest BCUT2D eigenvalue weighted by atomic mass is 10.1. The first-order chi connectivity index (χ1) is 20.2. The van der Waals surface area contributed by atoms with Crippen molar-refractivity contribution in [1.29, 1.82) is 0 Å². The average molecular weight is 570 g/mol. The van der Waals surface area contributed by atoms with Crippen molar-refractivity contribution >= 4 is 34.6 Å². The molecule has 0 radical (unpaired) electrons. The topological polar surface area (TPSA) is 106 Å². The van der Waals surface area contributed by atoms with E-state index in [1.807, 2.05) is 66.9 Å². The molecule has 4 aromatic rings. The van der Waals surface area contributed by atoms with Gasteiger partial charge in [-0.3, -0.25) is 33.0 Å². The Bertz CT molecular complexity index is 1810. The van der Waals surface area contributed by atoms with Crippen LogP contribution in [0.3, 0.4) is 0 Å². The van der Waals surface area contributed by atoms with E-state index in [0.29, 0.717) is 55.5 Å². The van der Waals surface area contributed by atoms with Crippen LogP contribution < -0.4 is 21.0 Å². The molecule has 2 aromatic carbocycles. The van der Waals surface area contributed by atoms with Gasteiger partial charge in [-0.15, -0.1) is 0 Å². The van der Waals surface area contributed by atoms with Crippen molar-refractivity contribution in [2.24, 2.45) is 14.1 Å². The maximum atomic E-state index is 13.5. The summed E-state index contributed by atoms with van der Waals surface area (Å²) >= 11 is 0. The number of para-hydroxylation sites is 1. The van der Waals surface area contributed by atoms with Gasteiger partial charge in [0, 0.05) is 40.3 Å². The second kappa shape index (κ2) is 10.7. The Hall–Kier alpha value is -4.51. The standard InChI is InChI=1S/C31H35N7O4/c1-5-22-8-6-7-9-23(22)38-25(39)18-24(28(38)40)35-14-16-36(17-15-35)30-32-27-26(29(41)34(4)31(42)33(27)3)37(30)19-21-12-10-20(2)11-13-21/h6-13,24H,5,14-19H2,1-4H3. The first-order valence-corrected chi connectivity index (χ1v) is 14.3. The summed E-state index contributed by atoms with van der Waals surface area (Å²) in [4.78, 5) is 63.0. The highest BCUT2D eigenvalue weighted by atomic mass is 16.2. The van der Waals surface area contributed by atoms with Gasteiger partial charge in [-0.05, 0) is 30.5 Å². The van der Waals surface area contributed by atoms with Gasteiger partial charge in [0.25, 0.3) is 11.5 Å². The Morgan fingerprint density at radius 3 is 2.26 bits per heavy atom. The summed E-state index contributed by atoms with van der Waals surface area (Å²) in [5.74, 6) is 0.250. The Balaban J connectivity index is 1.29. The van der Waals surface area contributed by atoms with E-state index >= 15 is 0 Å². The van der Waals surface area contributed by atoms with Crippen molar-refractivity contribution < 1.29 is 9.59 Å². The number of carbonyl (C=O) groups excluding carboxylic acids is 2. The van der Waals surface area contributed by atoms with Gasteiger partial charge in [0.15, 0.2) is 11.2 Å². The molecular formula is C31H35N7O4. The molecule has 2 amide bonds. The second-order valence-electron chi connectivity index (χ2n) is 11.2. The minimum atomic E-state index is -0.510. The smallest absolute Gasteiger partial charge is 0.332 e. The lowest BCUT2D eigenvalue weighted by molar-refractivity contribution is -0.123. The predicted octanol–water partition coefficient (Wildman–Crippen LogP) is 1.81. The number of hydrogen-bond acceptors (Lipinski definition) is 7. The molecule has 0 saturated carbocycles.